The molecule has 0 bridgehead atoms. The van der Waals surface area contributed by atoms with Gasteiger partial charge in [0.05, 0.1) is 30.1 Å². The van der Waals surface area contributed by atoms with Gasteiger partial charge in [0.25, 0.3) is 5.91 Å². The van der Waals surface area contributed by atoms with Gasteiger partial charge in [-0.05, 0) is 35.4 Å². The number of nitrogens with zero attached hydrogens (tertiary/aromatic N) is 3. The summed E-state index contributed by atoms with van der Waals surface area (Å²) in [7, 11) is 4.80. The highest BCUT2D eigenvalue weighted by Gasteiger charge is 2.16. The van der Waals surface area contributed by atoms with Crippen LogP contribution in [0.25, 0.3) is 10.9 Å². The normalized spacial score (nSPS) is 10.8. The smallest absolute Gasteiger partial charge is 0.254 e. The Morgan fingerprint density at radius 1 is 1.09 bits per heavy atom. The molecule has 4 rings (SSSR count). The van der Waals surface area contributed by atoms with E-state index in [0.717, 1.165) is 5.56 Å². The van der Waals surface area contributed by atoms with Crippen molar-refractivity contribution >= 4 is 34.0 Å². The molecule has 8 nitrogen and oxygen atoms in total. The van der Waals surface area contributed by atoms with Crippen molar-refractivity contribution < 1.29 is 18.7 Å². The third-order valence-corrected chi connectivity index (χ3v) is 5.40. The Morgan fingerprint density at radius 2 is 1.88 bits per heavy atom. The Morgan fingerprint density at radius 3 is 2.56 bits per heavy atom. The molecule has 2 aromatic carbocycles. The number of aromatic nitrogens is 3. The monoisotopic (exact) mass is 461 g/mol. The highest BCUT2D eigenvalue weighted by molar-refractivity contribution is 6.04. The van der Waals surface area contributed by atoms with Crippen molar-refractivity contribution in [3.8, 4) is 5.75 Å². The highest BCUT2D eigenvalue weighted by Crippen LogP contribution is 2.32. The van der Waals surface area contributed by atoms with E-state index in [4.69, 9.17) is 4.74 Å². The third kappa shape index (κ3) is 4.88. The Balaban J connectivity index is 1.57. The number of carbonyl (C=O) groups excluding carboxylic acids is 2. The summed E-state index contributed by atoms with van der Waals surface area (Å²) in [6.45, 7) is 0. The minimum absolute atomic E-state index is 0.0242. The minimum atomic E-state index is -0.489. The van der Waals surface area contributed by atoms with Crippen molar-refractivity contribution in [3.05, 3.63) is 77.5 Å². The fraction of sp³-hybridized carbons (Fsp3) is 0.200. The maximum absolute atomic E-state index is 14.9. The van der Waals surface area contributed by atoms with Crippen molar-refractivity contribution in [2.45, 2.75) is 12.8 Å². The fourth-order valence-corrected chi connectivity index (χ4v) is 3.76. The Labute approximate surface area is 195 Å². The molecule has 174 valence electrons. The lowest BCUT2D eigenvalue weighted by molar-refractivity contribution is -0.117. The highest BCUT2D eigenvalue weighted by atomic mass is 19.1. The summed E-state index contributed by atoms with van der Waals surface area (Å²) in [5, 5.41) is 10.4. The molecule has 0 saturated heterocycles. The molecule has 4 aromatic rings. The zero-order valence-electron chi connectivity index (χ0n) is 19.1. The van der Waals surface area contributed by atoms with Crippen LogP contribution in [0.15, 0.2) is 55.0 Å². The van der Waals surface area contributed by atoms with E-state index in [9.17, 15) is 14.0 Å². The standard InChI is InChI=1S/C25H24FN5O3/c1-27-25(33)19-11-18-21(6-7-28-23(18)12-24(19)34-3)30-22-5-4-15(10-20(22)26)8-17(32)9-16-13-29-31(2)14-16/h4-7,10-14H,8-9H2,1-3H3,(H,27,33)(H,28,30). The number of carbonyl (C=O) groups is 2. The molecule has 0 aliphatic heterocycles. The number of ether oxygens (including phenoxy) is 1. The number of halogens is 1. The molecular weight excluding hydrogens is 437 g/mol. The average Bonchev–Trinajstić information content (AvgIpc) is 3.23. The number of ketones is 1. The van der Waals surface area contributed by atoms with Crippen molar-refractivity contribution in [1.82, 2.24) is 20.1 Å². The van der Waals surface area contributed by atoms with Crippen molar-refractivity contribution in [1.29, 1.82) is 0 Å². The summed E-state index contributed by atoms with van der Waals surface area (Å²) in [6.07, 6.45) is 5.40. The average molecular weight is 461 g/mol. The van der Waals surface area contributed by atoms with E-state index < -0.39 is 5.82 Å². The number of anilines is 2. The predicted octanol–water partition coefficient (Wildman–Crippen LogP) is 3.57. The summed E-state index contributed by atoms with van der Waals surface area (Å²) < 4.78 is 21.9. The lowest BCUT2D eigenvalue weighted by Crippen LogP contribution is -2.18. The number of Topliss-reactive ketones (excluding diaryl/α,β-unsaturated/α-hetero) is 1. The van der Waals surface area contributed by atoms with E-state index >= 15 is 0 Å². The van der Waals surface area contributed by atoms with Crippen molar-refractivity contribution in [3.63, 3.8) is 0 Å². The molecule has 0 aliphatic rings. The number of nitrogens with one attached hydrogen (secondary N) is 2. The second-order valence-electron chi connectivity index (χ2n) is 7.86. The van der Waals surface area contributed by atoms with E-state index in [0.29, 0.717) is 33.5 Å². The van der Waals surface area contributed by atoms with E-state index in [1.807, 2.05) is 0 Å². The molecule has 0 spiro atoms. The number of methoxy groups -OCH3 is 1. The molecule has 0 radical (unpaired) electrons. The maximum Gasteiger partial charge on any atom is 0.254 e. The first kappa shape index (κ1) is 22.9. The molecule has 9 heteroatoms. The Bertz CT molecular complexity index is 1380. The Hall–Kier alpha value is -4.27. The van der Waals surface area contributed by atoms with Gasteiger partial charge < -0.3 is 15.4 Å². The third-order valence-electron chi connectivity index (χ3n) is 5.40. The number of pyridine rings is 1. The molecular formula is C25H24FN5O3. The van der Waals surface area contributed by atoms with Crippen LogP contribution < -0.4 is 15.4 Å². The molecule has 2 aromatic heterocycles. The molecule has 2 N–H and O–H groups in total. The number of aryl methyl sites for hydroxylation is 1. The van der Waals surface area contributed by atoms with Gasteiger partial charge in [-0.2, -0.15) is 5.10 Å². The van der Waals surface area contributed by atoms with Gasteiger partial charge in [0.1, 0.15) is 17.3 Å². The number of hydrogen-bond acceptors (Lipinski definition) is 6. The summed E-state index contributed by atoms with van der Waals surface area (Å²) in [6, 6.07) is 9.69. The second-order valence-corrected chi connectivity index (χ2v) is 7.86. The quantitative estimate of drug-likeness (QED) is 0.416. The van der Waals surface area contributed by atoms with Crippen LogP contribution in [0.2, 0.25) is 0 Å². The van der Waals surface area contributed by atoms with Gasteiger partial charge in [-0.15, -0.1) is 0 Å². The second kappa shape index (κ2) is 9.70. The van der Waals surface area contributed by atoms with Gasteiger partial charge in [0, 0.05) is 56.5 Å². The number of rotatable bonds is 8. The minimum Gasteiger partial charge on any atom is -0.496 e. The molecule has 0 atom stereocenters. The summed E-state index contributed by atoms with van der Waals surface area (Å²) in [4.78, 5) is 29.0. The van der Waals surface area contributed by atoms with Crippen LogP contribution in [0.3, 0.4) is 0 Å². The Kier molecular flexibility index (Phi) is 6.53. The first-order valence-electron chi connectivity index (χ1n) is 10.6. The number of hydrogen-bond donors (Lipinski definition) is 2. The van der Waals surface area contributed by atoms with E-state index in [1.54, 1.807) is 60.7 Å². The number of fused-ring (bicyclic) bond motifs is 1. The van der Waals surface area contributed by atoms with Crippen LogP contribution >= 0.6 is 0 Å². The topological polar surface area (TPSA) is 98.1 Å². The van der Waals surface area contributed by atoms with Crippen LogP contribution in [-0.4, -0.2) is 40.6 Å². The molecule has 0 aliphatic carbocycles. The van der Waals surface area contributed by atoms with Gasteiger partial charge in [-0.1, -0.05) is 6.07 Å². The largest absolute Gasteiger partial charge is 0.496 e. The van der Waals surface area contributed by atoms with Crippen molar-refractivity contribution in [2.24, 2.45) is 7.05 Å². The zero-order valence-corrected chi connectivity index (χ0v) is 19.1. The number of benzene rings is 2. The van der Waals surface area contributed by atoms with Crippen LogP contribution in [0.5, 0.6) is 5.75 Å². The zero-order chi connectivity index (χ0) is 24.2. The summed E-state index contributed by atoms with van der Waals surface area (Å²) >= 11 is 0. The molecule has 0 saturated carbocycles. The molecule has 1 amide bonds. The predicted molar refractivity (Wildman–Crippen MR) is 127 cm³/mol. The first-order valence-corrected chi connectivity index (χ1v) is 10.6. The maximum atomic E-state index is 14.9. The van der Waals surface area contributed by atoms with Gasteiger partial charge >= 0.3 is 0 Å². The molecule has 0 fully saturated rings. The SMILES string of the molecule is CNC(=O)c1cc2c(Nc3ccc(CC(=O)Cc4cnn(C)c4)cc3F)ccnc2cc1OC. The lowest BCUT2D eigenvalue weighted by atomic mass is 10.0. The fourth-order valence-electron chi connectivity index (χ4n) is 3.76. The molecule has 2 heterocycles. The van der Waals surface area contributed by atoms with E-state index in [1.165, 1.54) is 20.2 Å². The van der Waals surface area contributed by atoms with Crippen molar-refractivity contribution in [2.75, 3.05) is 19.5 Å². The van der Waals surface area contributed by atoms with Gasteiger partial charge in [-0.25, -0.2) is 4.39 Å². The van der Waals surface area contributed by atoms with Crippen LogP contribution in [0.4, 0.5) is 15.8 Å². The molecule has 0 unspecified atom stereocenters. The summed E-state index contributed by atoms with van der Waals surface area (Å²) in [5.74, 6) is -0.427. The summed E-state index contributed by atoms with van der Waals surface area (Å²) in [5.41, 5.74) is 3.17. The molecule has 34 heavy (non-hydrogen) atoms. The van der Waals surface area contributed by atoms with Crippen LogP contribution in [0.1, 0.15) is 21.5 Å². The van der Waals surface area contributed by atoms with E-state index in [-0.39, 0.29) is 30.2 Å². The van der Waals surface area contributed by atoms with Crippen LogP contribution in [-0.2, 0) is 24.7 Å². The van der Waals surface area contributed by atoms with Crippen LogP contribution in [0, 0.1) is 5.82 Å². The van der Waals surface area contributed by atoms with Gasteiger partial charge in [0.2, 0.25) is 0 Å². The first-order chi connectivity index (χ1) is 16.4. The van der Waals surface area contributed by atoms with Gasteiger partial charge in [0.15, 0.2) is 0 Å². The van der Waals surface area contributed by atoms with E-state index in [2.05, 4.69) is 20.7 Å². The lowest BCUT2D eigenvalue weighted by Gasteiger charge is -2.14. The number of amides is 1. The van der Waals surface area contributed by atoms with Gasteiger partial charge in [-0.3, -0.25) is 19.3 Å².